The molecule has 2 amide bonds. The van der Waals surface area contributed by atoms with Crippen LogP contribution in [0.5, 0.6) is 5.75 Å². The smallest absolute Gasteiger partial charge is 0.261 e. The van der Waals surface area contributed by atoms with Gasteiger partial charge in [0.05, 0.1) is 4.47 Å². The first-order valence-corrected chi connectivity index (χ1v) is 11.1. The number of hydrogen-bond donors (Lipinski definition) is 1. The van der Waals surface area contributed by atoms with Crippen LogP contribution in [0.1, 0.15) is 12.5 Å². The van der Waals surface area contributed by atoms with Crippen LogP contribution >= 0.6 is 39.1 Å². The summed E-state index contributed by atoms with van der Waals surface area (Å²) < 4.78 is 6.58. The third-order valence-electron chi connectivity index (χ3n) is 4.95. The minimum atomic E-state index is -0.715. The molecule has 162 valence electrons. The Balaban J connectivity index is 1.81. The molecule has 1 atom stereocenters. The number of halogens is 3. The number of likely N-dealkylation sites (N-methyl/N-ethyl adjacent to an activating group) is 1. The Kier molecular flexibility index (Phi) is 7.81. The average Bonchev–Trinajstić information content (AvgIpc) is 2.77. The zero-order valence-electron chi connectivity index (χ0n) is 17.0. The summed E-state index contributed by atoms with van der Waals surface area (Å²) in [6.07, 6.45) is 0. The number of rotatable bonds is 7. The van der Waals surface area contributed by atoms with E-state index in [-0.39, 0.29) is 25.0 Å². The zero-order valence-corrected chi connectivity index (χ0v) is 20.1. The van der Waals surface area contributed by atoms with E-state index in [0.29, 0.717) is 21.4 Å². The molecule has 0 radical (unpaired) electrons. The molecule has 5 nitrogen and oxygen atoms in total. The highest BCUT2D eigenvalue weighted by atomic mass is 79.9. The van der Waals surface area contributed by atoms with Gasteiger partial charge in [0, 0.05) is 23.6 Å². The molecular weight excluding hydrogens is 503 g/mol. The second kappa shape index (κ2) is 10.4. The number of carbonyl (C=O) groups is 2. The molecule has 31 heavy (non-hydrogen) atoms. The molecule has 0 bridgehead atoms. The van der Waals surface area contributed by atoms with Crippen LogP contribution in [0.3, 0.4) is 0 Å². The summed E-state index contributed by atoms with van der Waals surface area (Å²) >= 11 is 15.8. The molecule has 0 aromatic heterocycles. The number of fused-ring (bicyclic) bond motifs is 1. The molecule has 0 aliphatic rings. The fourth-order valence-electron chi connectivity index (χ4n) is 3.17. The Bertz CT molecular complexity index is 1120. The molecule has 0 aliphatic heterocycles. The lowest BCUT2D eigenvalue weighted by Crippen LogP contribution is -2.48. The predicted octanol–water partition coefficient (Wildman–Crippen LogP) is 5.45. The molecule has 0 saturated heterocycles. The summed E-state index contributed by atoms with van der Waals surface area (Å²) in [7, 11) is 1.53. The van der Waals surface area contributed by atoms with Crippen LogP contribution in [0, 0.1) is 0 Å². The first-order valence-electron chi connectivity index (χ1n) is 9.57. The second-order valence-electron chi connectivity index (χ2n) is 6.94. The number of carbonyl (C=O) groups excluding carboxylic acids is 2. The van der Waals surface area contributed by atoms with Gasteiger partial charge in [-0.05, 0) is 57.4 Å². The van der Waals surface area contributed by atoms with Crippen LogP contribution in [0.15, 0.2) is 59.1 Å². The van der Waals surface area contributed by atoms with Crippen molar-refractivity contribution >= 4 is 61.7 Å². The molecule has 0 spiro atoms. The third kappa shape index (κ3) is 5.50. The van der Waals surface area contributed by atoms with Crippen molar-refractivity contribution in [1.82, 2.24) is 10.2 Å². The van der Waals surface area contributed by atoms with E-state index < -0.39 is 6.04 Å². The fraction of sp³-hybridized carbons (Fsp3) is 0.217. The van der Waals surface area contributed by atoms with Gasteiger partial charge in [0.1, 0.15) is 11.8 Å². The van der Waals surface area contributed by atoms with Gasteiger partial charge in [0.15, 0.2) is 6.61 Å². The van der Waals surface area contributed by atoms with E-state index in [1.165, 1.54) is 11.9 Å². The average molecular weight is 524 g/mol. The van der Waals surface area contributed by atoms with E-state index in [9.17, 15) is 9.59 Å². The topological polar surface area (TPSA) is 58.6 Å². The summed E-state index contributed by atoms with van der Waals surface area (Å²) in [6, 6.07) is 15.9. The third-order valence-corrected chi connectivity index (χ3v) is 6.35. The van der Waals surface area contributed by atoms with E-state index >= 15 is 0 Å². The highest BCUT2D eigenvalue weighted by Gasteiger charge is 2.26. The van der Waals surface area contributed by atoms with Crippen molar-refractivity contribution < 1.29 is 14.3 Å². The van der Waals surface area contributed by atoms with Crippen molar-refractivity contribution in [1.29, 1.82) is 0 Å². The molecule has 3 rings (SSSR count). The van der Waals surface area contributed by atoms with Crippen LogP contribution < -0.4 is 10.1 Å². The maximum absolute atomic E-state index is 13.1. The number of nitrogens with zero attached hydrogens (tertiary/aromatic N) is 1. The lowest BCUT2D eigenvalue weighted by molar-refractivity contribution is -0.142. The summed E-state index contributed by atoms with van der Waals surface area (Å²) in [6.45, 7) is 1.57. The summed E-state index contributed by atoms with van der Waals surface area (Å²) in [5.74, 6) is -0.0865. The van der Waals surface area contributed by atoms with Crippen LogP contribution in [-0.4, -0.2) is 36.4 Å². The molecule has 0 heterocycles. The van der Waals surface area contributed by atoms with Crippen LogP contribution in [0.4, 0.5) is 0 Å². The standard InChI is InChI=1S/C23H21BrCl2N2O3/c1-14(23(30)27-2)28(12-16-7-9-17(25)11-19(16)26)21(29)13-31-20-10-8-15-5-3-4-6-18(15)22(20)24/h3-11,14H,12-13H2,1-2H3,(H,27,30)/t14-/m0/s1. The van der Waals surface area contributed by atoms with Crippen molar-refractivity contribution in [3.05, 3.63) is 74.7 Å². The van der Waals surface area contributed by atoms with Crippen molar-refractivity contribution in [3.8, 4) is 5.75 Å². The number of amides is 2. The van der Waals surface area contributed by atoms with Gasteiger partial charge in [0.25, 0.3) is 5.91 Å². The van der Waals surface area contributed by atoms with E-state index in [1.807, 2.05) is 36.4 Å². The van der Waals surface area contributed by atoms with Gasteiger partial charge in [-0.15, -0.1) is 0 Å². The monoisotopic (exact) mass is 522 g/mol. The Morgan fingerprint density at radius 1 is 1.13 bits per heavy atom. The zero-order chi connectivity index (χ0) is 22.5. The van der Waals surface area contributed by atoms with Gasteiger partial charge in [-0.3, -0.25) is 9.59 Å². The largest absolute Gasteiger partial charge is 0.483 e. The summed E-state index contributed by atoms with van der Waals surface area (Å²) in [5.41, 5.74) is 0.682. The number of hydrogen-bond acceptors (Lipinski definition) is 3. The molecule has 1 N–H and O–H groups in total. The molecule has 3 aromatic rings. The molecule has 0 saturated carbocycles. The van der Waals surface area contributed by atoms with Gasteiger partial charge < -0.3 is 15.0 Å². The predicted molar refractivity (Wildman–Crippen MR) is 128 cm³/mol. The second-order valence-corrected chi connectivity index (χ2v) is 8.57. The summed E-state index contributed by atoms with van der Waals surface area (Å²) in [5, 5.41) is 5.54. The number of ether oxygens (including phenoxy) is 1. The molecule has 3 aromatic carbocycles. The van der Waals surface area contributed by atoms with Crippen LogP contribution in [0.2, 0.25) is 10.0 Å². The molecule has 0 unspecified atom stereocenters. The molecule has 0 aliphatic carbocycles. The summed E-state index contributed by atoms with van der Waals surface area (Å²) in [4.78, 5) is 26.8. The fourth-order valence-corrected chi connectivity index (χ4v) is 4.25. The van der Waals surface area contributed by atoms with Gasteiger partial charge >= 0.3 is 0 Å². The van der Waals surface area contributed by atoms with Gasteiger partial charge in [-0.1, -0.05) is 59.6 Å². The molecule has 8 heteroatoms. The van der Waals surface area contributed by atoms with Crippen molar-refractivity contribution in [3.63, 3.8) is 0 Å². The maximum atomic E-state index is 13.1. The van der Waals surface area contributed by atoms with Gasteiger partial charge in [-0.25, -0.2) is 0 Å². The van der Waals surface area contributed by atoms with Crippen LogP contribution in [0.25, 0.3) is 10.8 Å². The van der Waals surface area contributed by atoms with Crippen LogP contribution in [-0.2, 0) is 16.1 Å². The normalized spacial score (nSPS) is 11.8. The lowest BCUT2D eigenvalue weighted by Gasteiger charge is -2.28. The molecule has 0 fully saturated rings. The van der Waals surface area contributed by atoms with E-state index in [1.54, 1.807) is 25.1 Å². The van der Waals surface area contributed by atoms with E-state index in [0.717, 1.165) is 15.2 Å². The Morgan fingerprint density at radius 3 is 2.58 bits per heavy atom. The Hall–Kier alpha value is -2.28. The van der Waals surface area contributed by atoms with Gasteiger partial charge in [-0.2, -0.15) is 0 Å². The van der Waals surface area contributed by atoms with Gasteiger partial charge in [0.2, 0.25) is 5.91 Å². The number of nitrogens with one attached hydrogen (secondary N) is 1. The highest BCUT2D eigenvalue weighted by Crippen LogP contribution is 2.33. The Morgan fingerprint density at radius 2 is 1.87 bits per heavy atom. The minimum absolute atomic E-state index is 0.145. The van der Waals surface area contributed by atoms with E-state index in [2.05, 4.69) is 21.2 Å². The first-order chi connectivity index (χ1) is 14.8. The van der Waals surface area contributed by atoms with E-state index in [4.69, 9.17) is 27.9 Å². The maximum Gasteiger partial charge on any atom is 0.261 e. The van der Waals surface area contributed by atoms with Crippen molar-refractivity contribution in [2.75, 3.05) is 13.7 Å². The SMILES string of the molecule is CNC(=O)[C@H](C)N(Cc1ccc(Cl)cc1Cl)C(=O)COc1ccc2ccccc2c1Br. The van der Waals surface area contributed by atoms with Crippen molar-refractivity contribution in [2.24, 2.45) is 0 Å². The quantitative estimate of drug-likeness (QED) is 0.448. The van der Waals surface area contributed by atoms with Crippen molar-refractivity contribution in [2.45, 2.75) is 19.5 Å². The minimum Gasteiger partial charge on any atom is -0.483 e. The molecular formula is C23H21BrCl2N2O3. The number of benzene rings is 3. The Labute approximate surface area is 199 Å². The lowest BCUT2D eigenvalue weighted by atomic mass is 10.1. The first kappa shape index (κ1) is 23.4. The highest BCUT2D eigenvalue weighted by molar-refractivity contribution is 9.10.